The number of nitrogens with two attached hydrogens (primary N) is 1. The maximum absolute atomic E-state index is 5.65. The Bertz CT molecular complexity index is 288. The highest BCUT2D eigenvalue weighted by molar-refractivity contribution is 9.10. The maximum atomic E-state index is 5.65. The van der Waals surface area contributed by atoms with Crippen LogP contribution in [0.15, 0.2) is 22.7 Å². The van der Waals surface area contributed by atoms with Gasteiger partial charge < -0.3 is 10.5 Å². The molecule has 2 nitrogen and oxygen atoms in total. The number of hydrogen-bond donors (Lipinski definition) is 1. The van der Waals surface area contributed by atoms with E-state index in [0.717, 1.165) is 22.3 Å². The fourth-order valence-corrected chi connectivity index (χ4v) is 1.25. The zero-order valence-electron chi connectivity index (χ0n) is 7.88. The number of benzene rings is 1. The molecule has 0 radical (unpaired) electrons. The third-order valence-corrected chi connectivity index (χ3v) is 2.57. The predicted octanol–water partition coefficient (Wildman–Crippen LogP) is 3.21. The van der Waals surface area contributed by atoms with Gasteiger partial charge in [0.15, 0.2) is 0 Å². The number of hydrogen-bond acceptors (Lipinski definition) is 2. The van der Waals surface area contributed by atoms with Gasteiger partial charge in [-0.25, -0.2) is 0 Å². The SMILES string of the molecule is CCC(C)Oc1ccc(N)c(Br)c1. The summed E-state index contributed by atoms with van der Waals surface area (Å²) in [4.78, 5) is 0. The standard InChI is InChI=1S/C10H14BrNO/c1-3-7(2)13-8-4-5-10(12)9(11)6-8/h4-7H,3,12H2,1-2H3. The van der Waals surface area contributed by atoms with E-state index in [1.165, 1.54) is 0 Å². The normalized spacial score (nSPS) is 12.5. The molecule has 0 aromatic heterocycles. The quantitative estimate of drug-likeness (QED) is 0.828. The Morgan fingerprint density at radius 1 is 1.54 bits per heavy atom. The molecule has 1 unspecified atom stereocenters. The molecule has 0 aliphatic rings. The first kappa shape index (κ1) is 10.4. The van der Waals surface area contributed by atoms with E-state index < -0.39 is 0 Å². The second kappa shape index (κ2) is 4.51. The molecule has 0 saturated heterocycles. The average molecular weight is 244 g/mol. The van der Waals surface area contributed by atoms with E-state index in [9.17, 15) is 0 Å². The van der Waals surface area contributed by atoms with E-state index in [1.807, 2.05) is 25.1 Å². The molecular weight excluding hydrogens is 230 g/mol. The van der Waals surface area contributed by atoms with Gasteiger partial charge in [0, 0.05) is 10.2 Å². The van der Waals surface area contributed by atoms with Crippen molar-refractivity contribution < 1.29 is 4.74 Å². The fourth-order valence-electron chi connectivity index (χ4n) is 0.897. The average Bonchev–Trinajstić information content (AvgIpc) is 2.11. The summed E-state index contributed by atoms with van der Waals surface area (Å²) in [5.74, 6) is 0.857. The third kappa shape index (κ3) is 2.92. The molecular formula is C10H14BrNO. The van der Waals surface area contributed by atoms with Crippen LogP contribution < -0.4 is 10.5 Å². The first-order valence-corrected chi connectivity index (χ1v) is 5.14. The van der Waals surface area contributed by atoms with Crippen molar-refractivity contribution in [3.8, 4) is 5.75 Å². The number of nitrogen functional groups attached to an aromatic ring is 1. The van der Waals surface area contributed by atoms with Crippen LogP contribution >= 0.6 is 15.9 Å². The molecule has 1 rings (SSSR count). The second-order valence-electron chi connectivity index (χ2n) is 3.02. The highest BCUT2D eigenvalue weighted by atomic mass is 79.9. The Morgan fingerprint density at radius 2 is 2.23 bits per heavy atom. The molecule has 0 heterocycles. The lowest BCUT2D eigenvalue weighted by atomic mass is 10.3. The lowest BCUT2D eigenvalue weighted by Crippen LogP contribution is -2.09. The van der Waals surface area contributed by atoms with Gasteiger partial charge in [-0.15, -0.1) is 0 Å². The molecule has 72 valence electrons. The Balaban J connectivity index is 2.73. The van der Waals surface area contributed by atoms with Gasteiger partial charge in [0.1, 0.15) is 5.75 Å². The van der Waals surface area contributed by atoms with Crippen molar-refractivity contribution in [3.63, 3.8) is 0 Å². The van der Waals surface area contributed by atoms with E-state index in [1.54, 1.807) is 0 Å². The highest BCUT2D eigenvalue weighted by Gasteiger charge is 2.02. The van der Waals surface area contributed by atoms with Crippen LogP contribution in [0, 0.1) is 0 Å². The van der Waals surface area contributed by atoms with Crippen molar-refractivity contribution in [2.45, 2.75) is 26.4 Å². The van der Waals surface area contributed by atoms with Crippen LogP contribution in [-0.2, 0) is 0 Å². The Hall–Kier alpha value is -0.700. The van der Waals surface area contributed by atoms with Crippen LogP contribution in [0.25, 0.3) is 0 Å². The Labute approximate surface area is 87.2 Å². The Kier molecular flexibility index (Phi) is 3.60. The van der Waals surface area contributed by atoms with Gasteiger partial charge in [0.2, 0.25) is 0 Å². The van der Waals surface area contributed by atoms with Crippen LogP contribution in [0.2, 0.25) is 0 Å². The number of rotatable bonds is 3. The molecule has 1 atom stereocenters. The minimum atomic E-state index is 0.246. The molecule has 1 aromatic rings. The summed E-state index contributed by atoms with van der Waals surface area (Å²) in [6, 6.07) is 5.61. The van der Waals surface area contributed by atoms with Crippen LogP contribution in [0.3, 0.4) is 0 Å². The second-order valence-corrected chi connectivity index (χ2v) is 3.87. The summed E-state index contributed by atoms with van der Waals surface area (Å²) in [6.45, 7) is 4.14. The van der Waals surface area contributed by atoms with Gasteiger partial charge >= 0.3 is 0 Å². The molecule has 3 heteroatoms. The third-order valence-electron chi connectivity index (χ3n) is 1.88. The van der Waals surface area contributed by atoms with E-state index in [-0.39, 0.29) is 6.10 Å². The molecule has 2 N–H and O–H groups in total. The van der Waals surface area contributed by atoms with Gasteiger partial charge in [-0.05, 0) is 47.5 Å². The van der Waals surface area contributed by atoms with Crippen molar-refractivity contribution in [3.05, 3.63) is 22.7 Å². The van der Waals surface area contributed by atoms with Crippen LogP contribution in [-0.4, -0.2) is 6.10 Å². The minimum absolute atomic E-state index is 0.246. The summed E-state index contributed by atoms with van der Waals surface area (Å²) in [5.41, 5.74) is 6.38. The highest BCUT2D eigenvalue weighted by Crippen LogP contribution is 2.25. The molecule has 1 aromatic carbocycles. The summed E-state index contributed by atoms with van der Waals surface area (Å²) in [5, 5.41) is 0. The number of ether oxygens (including phenoxy) is 1. The largest absolute Gasteiger partial charge is 0.491 e. The van der Waals surface area contributed by atoms with Crippen LogP contribution in [0.4, 0.5) is 5.69 Å². The van der Waals surface area contributed by atoms with E-state index in [0.29, 0.717) is 0 Å². The van der Waals surface area contributed by atoms with Crippen molar-refractivity contribution in [1.82, 2.24) is 0 Å². The zero-order valence-corrected chi connectivity index (χ0v) is 9.47. The zero-order chi connectivity index (χ0) is 9.84. The lowest BCUT2D eigenvalue weighted by molar-refractivity contribution is 0.217. The number of halogens is 1. The molecule has 0 saturated carbocycles. The molecule has 13 heavy (non-hydrogen) atoms. The summed E-state index contributed by atoms with van der Waals surface area (Å²) >= 11 is 3.35. The van der Waals surface area contributed by atoms with E-state index in [2.05, 4.69) is 22.9 Å². The Morgan fingerprint density at radius 3 is 2.77 bits per heavy atom. The van der Waals surface area contributed by atoms with Gasteiger partial charge in [-0.3, -0.25) is 0 Å². The molecule has 0 aliphatic carbocycles. The monoisotopic (exact) mass is 243 g/mol. The van der Waals surface area contributed by atoms with Crippen LogP contribution in [0.5, 0.6) is 5.75 Å². The smallest absolute Gasteiger partial charge is 0.120 e. The predicted molar refractivity (Wildman–Crippen MR) is 58.9 cm³/mol. The van der Waals surface area contributed by atoms with Crippen molar-refractivity contribution in [2.75, 3.05) is 5.73 Å². The van der Waals surface area contributed by atoms with Gasteiger partial charge in [0.25, 0.3) is 0 Å². The van der Waals surface area contributed by atoms with Gasteiger partial charge in [0.05, 0.1) is 6.10 Å². The first-order valence-electron chi connectivity index (χ1n) is 4.35. The number of anilines is 1. The van der Waals surface area contributed by atoms with Crippen LogP contribution in [0.1, 0.15) is 20.3 Å². The summed E-state index contributed by atoms with van der Waals surface area (Å²) in [6.07, 6.45) is 1.25. The fraction of sp³-hybridized carbons (Fsp3) is 0.400. The minimum Gasteiger partial charge on any atom is -0.491 e. The van der Waals surface area contributed by atoms with Gasteiger partial charge in [-0.1, -0.05) is 6.92 Å². The lowest BCUT2D eigenvalue weighted by Gasteiger charge is -2.12. The van der Waals surface area contributed by atoms with E-state index in [4.69, 9.17) is 10.5 Å². The molecule has 0 aliphatic heterocycles. The molecule has 0 amide bonds. The topological polar surface area (TPSA) is 35.2 Å². The van der Waals surface area contributed by atoms with Crippen molar-refractivity contribution >= 4 is 21.6 Å². The summed E-state index contributed by atoms with van der Waals surface area (Å²) < 4.78 is 6.50. The molecule has 0 spiro atoms. The van der Waals surface area contributed by atoms with Crippen molar-refractivity contribution in [1.29, 1.82) is 0 Å². The van der Waals surface area contributed by atoms with Gasteiger partial charge in [-0.2, -0.15) is 0 Å². The maximum Gasteiger partial charge on any atom is 0.120 e. The molecule has 0 bridgehead atoms. The summed E-state index contributed by atoms with van der Waals surface area (Å²) in [7, 11) is 0. The van der Waals surface area contributed by atoms with Crippen molar-refractivity contribution in [2.24, 2.45) is 0 Å². The first-order chi connectivity index (χ1) is 6.13. The molecule has 0 fully saturated rings. The van der Waals surface area contributed by atoms with E-state index >= 15 is 0 Å².